The SMILES string of the molecule is CC(CO)N1CC2CCC(c3ccc(CCN4CCCC4)cc3)C2C1. The fourth-order valence-corrected chi connectivity index (χ4v) is 5.41. The average molecular weight is 343 g/mol. The lowest BCUT2D eigenvalue weighted by Crippen LogP contribution is -2.34. The fraction of sp³-hybridized carbons (Fsp3) is 0.727. The smallest absolute Gasteiger partial charge is 0.0584 e. The highest BCUT2D eigenvalue weighted by Gasteiger charge is 2.43. The first-order valence-corrected chi connectivity index (χ1v) is 10.4. The molecule has 3 nitrogen and oxygen atoms in total. The van der Waals surface area contributed by atoms with Gasteiger partial charge in [0, 0.05) is 25.7 Å². The van der Waals surface area contributed by atoms with Crippen molar-refractivity contribution in [2.24, 2.45) is 11.8 Å². The first-order chi connectivity index (χ1) is 12.2. The molecule has 3 heteroatoms. The van der Waals surface area contributed by atoms with Crippen molar-refractivity contribution < 1.29 is 5.11 Å². The molecule has 4 unspecified atom stereocenters. The highest BCUT2D eigenvalue weighted by atomic mass is 16.3. The molecule has 0 aromatic heterocycles. The van der Waals surface area contributed by atoms with E-state index in [1.807, 2.05) is 0 Å². The summed E-state index contributed by atoms with van der Waals surface area (Å²) in [5.74, 6) is 2.37. The molecule has 1 aliphatic carbocycles. The molecule has 0 amide bonds. The summed E-state index contributed by atoms with van der Waals surface area (Å²) in [5.41, 5.74) is 3.04. The van der Waals surface area contributed by atoms with Gasteiger partial charge in [0.25, 0.3) is 0 Å². The standard InChI is InChI=1S/C22H34N2O/c1-17(16-25)24-14-20-8-9-21(22(20)15-24)19-6-4-18(5-7-19)10-13-23-11-2-3-12-23/h4-7,17,20-22,25H,2-3,8-16H2,1H3. The van der Waals surface area contributed by atoms with Crippen LogP contribution in [0.2, 0.25) is 0 Å². The van der Waals surface area contributed by atoms with Crippen LogP contribution in [0.1, 0.15) is 49.7 Å². The molecule has 0 spiro atoms. The van der Waals surface area contributed by atoms with Gasteiger partial charge in [-0.2, -0.15) is 0 Å². The van der Waals surface area contributed by atoms with Crippen molar-refractivity contribution in [3.8, 4) is 0 Å². The number of rotatable bonds is 6. The maximum atomic E-state index is 9.46. The number of fused-ring (bicyclic) bond motifs is 1. The molecular formula is C22H34N2O. The lowest BCUT2D eigenvalue weighted by Gasteiger charge is -2.25. The zero-order valence-corrected chi connectivity index (χ0v) is 15.7. The number of hydrogen-bond donors (Lipinski definition) is 1. The summed E-state index contributed by atoms with van der Waals surface area (Å²) in [6.07, 6.45) is 6.67. The van der Waals surface area contributed by atoms with E-state index in [0.717, 1.165) is 17.8 Å². The van der Waals surface area contributed by atoms with E-state index in [2.05, 4.69) is 41.0 Å². The largest absolute Gasteiger partial charge is 0.395 e. The summed E-state index contributed by atoms with van der Waals surface area (Å²) in [7, 11) is 0. The fourth-order valence-electron chi connectivity index (χ4n) is 5.41. The Morgan fingerprint density at radius 1 is 1.08 bits per heavy atom. The Morgan fingerprint density at radius 3 is 2.56 bits per heavy atom. The van der Waals surface area contributed by atoms with Crippen LogP contribution in [0.4, 0.5) is 0 Å². The molecular weight excluding hydrogens is 308 g/mol. The van der Waals surface area contributed by atoms with Crippen molar-refractivity contribution in [2.75, 3.05) is 39.3 Å². The van der Waals surface area contributed by atoms with Gasteiger partial charge in [-0.25, -0.2) is 0 Å². The molecule has 2 heterocycles. The number of nitrogens with zero attached hydrogens (tertiary/aromatic N) is 2. The van der Waals surface area contributed by atoms with Gasteiger partial charge in [-0.15, -0.1) is 0 Å². The van der Waals surface area contributed by atoms with E-state index in [4.69, 9.17) is 0 Å². The van der Waals surface area contributed by atoms with Crippen molar-refractivity contribution in [2.45, 2.75) is 51.0 Å². The lowest BCUT2D eigenvalue weighted by atomic mass is 9.86. The zero-order chi connectivity index (χ0) is 17.2. The second-order valence-electron chi connectivity index (χ2n) is 8.63. The molecule has 0 bridgehead atoms. The molecule has 1 aromatic carbocycles. The predicted octanol–water partition coefficient (Wildman–Crippen LogP) is 3.13. The van der Waals surface area contributed by atoms with Gasteiger partial charge in [-0.3, -0.25) is 4.90 Å². The molecule has 2 aliphatic heterocycles. The molecule has 1 saturated carbocycles. The number of likely N-dealkylation sites (tertiary alicyclic amines) is 2. The molecule has 138 valence electrons. The second-order valence-corrected chi connectivity index (χ2v) is 8.63. The predicted molar refractivity (Wildman–Crippen MR) is 103 cm³/mol. The van der Waals surface area contributed by atoms with Crippen molar-refractivity contribution in [1.29, 1.82) is 0 Å². The minimum atomic E-state index is 0.288. The van der Waals surface area contributed by atoms with Crippen LogP contribution < -0.4 is 0 Å². The third kappa shape index (κ3) is 3.79. The molecule has 0 radical (unpaired) electrons. The van der Waals surface area contributed by atoms with Gasteiger partial charge in [0.1, 0.15) is 0 Å². The Hall–Kier alpha value is -0.900. The van der Waals surface area contributed by atoms with E-state index in [-0.39, 0.29) is 6.61 Å². The van der Waals surface area contributed by atoms with Crippen molar-refractivity contribution in [1.82, 2.24) is 9.80 Å². The Kier molecular flexibility index (Phi) is 5.44. The van der Waals surface area contributed by atoms with E-state index in [1.165, 1.54) is 70.4 Å². The van der Waals surface area contributed by atoms with Gasteiger partial charge in [0.2, 0.25) is 0 Å². The summed E-state index contributed by atoms with van der Waals surface area (Å²) >= 11 is 0. The van der Waals surface area contributed by atoms with Gasteiger partial charge >= 0.3 is 0 Å². The topological polar surface area (TPSA) is 26.7 Å². The summed E-state index contributed by atoms with van der Waals surface area (Å²) < 4.78 is 0. The summed E-state index contributed by atoms with van der Waals surface area (Å²) in [6.45, 7) is 8.63. The number of aliphatic hydroxyl groups excluding tert-OH is 1. The molecule has 1 N–H and O–H groups in total. The zero-order valence-electron chi connectivity index (χ0n) is 15.7. The molecule has 2 saturated heterocycles. The summed E-state index contributed by atoms with van der Waals surface area (Å²) in [6, 6.07) is 9.89. The molecule has 4 atom stereocenters. The van der Waals surface area contributed by atoms with Crippen molar-refractivity contribution in [3.63, 3.8) is 0 Å². The quantitative estimate of drug-likeness (QED) is 0.860. The number of hydrogen-bond acceptors (Lipinski definition) is 3. The Morgan fingerprint density at radius 2 is 1.84 bits per heavy atom. The number of aliphatic hydroxyl groups is 1. The highest BCUT2D eigenvalue weighted by Crippen LogP contribution is 2.47. The Bertz CT molecular complexity index is 552. The first kappa shape index (κ1) is 17.5. The minimum absolute atomic E-state index is 0.288. The van der Waals surface area contributed by atoms with Gasteiger partial charge in [0.15, 0.2) is 0 Å². The highest BCUT2D eigenvalue weighted by molar-refractivity contribution is 5.28. The normalized spacial score (nSPS) is 31.5. The van der Waals surface area contributed by atoms with E-state index >= 15 is 0 Å². The monoisotopic (exact) mass is 342 g/mol. The molecule has 3 aliphatic rings. The Labute approximate surface area is 153 Å². The van der Waals surface area contributed by atoms with Crippen LogP contribution >= 0.6 is 0 Å². The Balaban J connectivity index is 1.35. The van der Waals surface area contributed by atoms with Gasteiger partial charge in [-0.05, 0) is 81.0 Å². The number of benzene rings is 1. The molecule has 3 fully saturated rings. The minimum Gasteiger partial charge on any atom is -0.395 e. The van der Waals surface area contributed by atoms with E-state index in [0.29, 0.717) is 6.04 Å². The van der Waals surface area contributed by atoms with Crippen LogP contribution in [0, 0.1) is 11.8 Å². The summed E-state index contributed by atoms with van der Waals surface area (Å²) in [5, 5.41) is 9.46. The van der Waals surface area contributed by atoms with Gasteiger partial charge in [-0.1, -0.05) is 24.3 Å². The van der Waals surface area contributed by atoms with Crippen LogP contribution in [0.15, 0.2) is 24.3 Å². The van der Waals surface area contributed by atoms with Crippen molar-refractivity contribution in [3.05, 3.63) is 35.4 Å². The second kappa shape index (κ2) is 7.77. The maximum Gasteiger partial charge on any atom is 0.0584 e. The van der Waals surface area contributed by atoms with Crippen LogP contribution in [0.3, 0.4) is 0 Å². The third-order valence-corrected chi connectivity index (χ3v) is 7.10. The lowest BCUT2D eigenvalue weighted by molar-refractivity contribution is 0.149. The van der Waals surface area contributed by atoms with Crippen molar-refractivity contribution >= 4 is 0 Å². The van der Waals surface area contributed by atoms with E-state index < -0.39 is 0 Å². The first-order valence-electron chi connectivity index (χ1n) is 10.4. The molecule has 1 aromatic rings. The molecule has 4 rings (SSSR count). The van der Waals surface area contributed by atoms with Crippen LogP contribution in [0.5, 0.6) is 0 Å². The maximum absolute atomic E-state index is 9.46. The van der Waals surface area contributed by atoms with Crippen LogP contribution in [-0.4, -0.2) is 60.3 Å². The average Bonchev–Trinajstić information content (AvgIpc) is 3.36. The third-order valence-electron chi connectivity index (χ3n) is 7.10. The van der Waals surface area contributed by atoms with Crippen LogP contribution in [0.25, 0.3) is 0 Å². The van der Waals surface area contributed by atoms with E-state index in [9.17, 15) is 5.11 Å². The van der Waals surface area contributed by atoms with Gasteiger partial charge < -0.3 is 10.0 Å². The summed E-state index contributed by atoms with van der Waals surface area (Å²) in [4.78, 5) is 5.11. The van der Waals surface area contributed by atoms with Crippen LogP contribution in [-0.2, 0) is 6.42 Å². The van der Waals surface area contributed by atoms with Gasteiger partial charge in [0.05, 0.1) is 6.61 Å². The molecule has 25 heavy (non-hydrogen) atoms. The van der Waals surface area contributed by atoms with E-state index in [1.54, 1.807) is 5.56 Å².